The second kappa shape index (κ2) is 7.91. The summed E-state index contributed by atoms with van der Waals surface area (Å²) < 4.78 is 34.9. The number of aromatic nitrogens is 2. The maximum atomic E-state index is 14.6. The normalized spacial score (nSPS) is 11.2. The van der Waals surface area contributed by atoms with Crippen LogP contribution in [0.1, 0.15) is 13.8 Å². The number of fused-ring (bicyclic) bond motifs is 3. The molecular weight excluding hydrogens is 412 g/mol. The van der Waals surface area contributed by atoms with E-state index in [-0.39, 0.29) is 11.6 Å². The molecule has 0 fully saturated rings. The first-order chi connectivity index (χ1) is 14.4. The number of amides is 1. The number of benzene rings is 3. The van der Waals surface area contributed by atoms with E-state index in [1.165, 1.54) is 15.6 Å². The Labute approximate surface area is 176 Å². The van der Waals surface area contributed by atoms with Gasteiger partial charge < -0.3 is 9.64 Å². The number of halogens is 3. The molecule has 0 aliphatic carbocycles. The van der Waals surface area contributed by atoms with Crippen LogP contribution < -0.4 is 4.74 Å². The van der Waals surface area contributed by atoms with Gasteiger partial charge in [-0.2, -0.15) is 9.78 Å². The highest BCUT2D eigenvalue weighted by Crippen LogP contribution is 2.36. The fourth-order valence-electron chi connectivity index (χ4n) is 3.40. The molecule has 0 spiro atoms. The molecule has 0 unspecified atom stereocenters. The van der Waals surface area contributed by atoms with Gasteiger partial charge in [0.05, 0.1) is 10.9 Å². The number of hydrogen-bond donors (Lipinski definition) is 0. The maximum absolute atomic E-state index is 14.6. The van der Waals surface area contributed by atoms with Gasteiger partial charge in [-0.3, -0.25) is 0 Å². The Morgan fingerprint density at radius 3 is 2.57 bits per heavy atom. The van der Waals surface area contributed by atoms with Gasteiger partial charge in [-0.05, 0) is 55.0 Å². The van der Waals surface area contributed by atoms with Crippen molar-refractivity contribution in [3.8, 4) is 11.6 Å². The number of rotatable bonds is 4. The van der Waals surface area contributed by atoms with E-state index >= 15 is 0 Å². The van der Waals surface area contributed by atoms with Crippen LogP contribution >= 0.6 is 11.6 Å². The highest BCUT2D eigenvalue weighted by atomic mass is 35.5. The monoisotopic (exact) mass is 429 g/mol. The second-order valence-corrected chi connectivity index (χ2v) is 7.11. The van der Waals surface area contributed by atoms with E-state index in [0.717, 1.165) is 22.9 Å². The topological polar surface area (TPSA) is 47.4 Å². The van der Waals surface area contributed by atoms with E-state index in [2.05, 4.69) is 5.10 Å². The molecular formula is C22H18ClF2N3O2. The molecule has 0 aliphatic heterocycles. The van der Waals surface area contributed by atoms with Crippen molar-refractivity contribution in [2.45, 2.75) is 13.8 Å². The van der Waals surface area contributed by atoms with Gasteiger partial charge in [-0.25, -0.2) is 13.6 Å². The lowest BCUT2D eigenvalue weighted by Gasteiger charge is -2.18. The third kappa shape index (κ3) is 3.45. The molecule has 3 aromatic carbocycles. The summed E-state index contributed by atoms with van der Waals surface area (Å²) in [7, 11) is 0. The highest BCUT2D eigenvalue weighted by Gasteiger charge is 2.23. The summed E-state index contributed by atoms with van der Waals surface area (Å²) in [6.07, 6.45) is -0.587. The molecule has 4 aromatic rings. The molecule has 0 aliphatic rings. The van der Waals surface area contributed by atoms with E-state index in [4.69, 9.17) is 16.3 Å². The zero-order valence-corrected chi connectivity index (χ0v) is 17.1. The lowest BCUT2D eigenvalue weighted by Crippen LogP contribution is -2.33. The quantitative estimate of drug-likeness (QED) is 0.402. The Morgan fingerprint density at radius 2 is 1.87 bits per heavy atom. The minimum Gasteiger partial charge on any atom is -0.390 e. The molecule has 30 heavy (non-hydrogen) atoms. The van der Waals surface area contributed by atoms with Crippen molar-refractivity contribution in [3.63, 3.8) is 0 Å². The predicted molar refractivity (Wildman–Crippen MR) is 112 cm³/mol. The van der Waals surface area contributed by atoms with Crippen LogP contribution in [-0.4, -0.2) is 33.9 Å². The van der Waals surface area contributed by atoms with Crippen LogP contribution in [0.3, 0.4) is 0 Å². The van der Waals surface area contributed by atoms with Crippen LogP contribution in [0, 0.1) is 11.6 Å². The molecule has 8 heteroatoms. The second-order valence-electron chi connectivity index (χ2n) is 6.68. The van der Waals surface area contributed by atoms with Crippen molar-refractivity contribution in [1.82, 2.24) is 14.7 Å². The molecule has 4 rings (SSSR count). The molecule has 1 aromatic heterocycles. The fourth-order valence-corrected chi connectivity index (χ4v) is 3.58. The molecule has 1 amide bonds. The number of hydrogen-bond acceptors (Lipinski definition) is 3. The van der Waals surface area contributed by atoms with E-state index in [1.807, 2.05) is 19.9 Å². The lowest BCUT2D eigenvalue weighted by molar-refractivity contribution is 0.154. The average molecular weight is 430 g/mol. The van der Waals surface area contributed by atoms with E-state index in [9.17, 15) is 13.6 Å². The van der Waals surface area contributed by atoms with E-state index in [0.29, 0.717) is 29.0 Å². The molecule has 0 radical (unpaired) electrons. The van der Waals surface area contributed by atoms with Crippen LogP contribution in [-0.2, 0) is 0 Å². The fraction of sp³-hybridized carbons (Fsp3) is 0.182. The Hall–Kier alpha value is -3.19. The van der Waals surface area contributed by atoms with Gasteiger partial charge in [-0.1, -0.05) is 23.7 Å². The first-order valence-electron chi connectivity index (χ1n) is 9.46. The van der Waals surface area contributed by atoms with Crippen molar-refractivity contribution in [2.75, 3.05) is 13.1 Å². The minimum atomic E-state index is -0.824. The summed E-state index contributed by atoms with van der Waals surface area (Å²) in [5.74, 6) is -1.48. The van der Waals surface area contributed by atoms with Crippen LogP contribution in [0.2, 0.25) is 5.02 Å². The number of carbonyl (C=O) groups is 1. The molecule has 0 N–H and O–H groups in total. The largest absolute Gasteiger partial charge is 0.416 e. The summed E-state index contributed by atoms with van der Waals surface area (Å²) in [5.41, 5.74) is 0.466. The average Bonchev–Trinajstić information content (AvgIpc) is 3.07. The van der Waals surface area contributed by atoms with Crippen molar-refractivity contribution < 1.29 is 18.3 Å². The summed E-state index contributed by atoms with van der Waals surface area (Å²) in [6.45, 7) is 4.56. The Bertz CT molecular complexity index is 1270. The first kappa shape index (κ1) is 20.1. The van der Waals surface area contributed by atoms with E-state index < -0.39 is 17.7 Å². The van der Waals surface area contributed by atoms with Crippen LogP contribution in [0.25, 0.3) is 27.4 Å². The maximum Gasteiger partial charge on any atom is 0.416 e. The Balaban J connectivity index is 2.01. The highest BCUT2D eigenvalue weighted by molar-refractivity contribution is 6.31. The molecule has 0 bridgehead atoms. The van der Waals surface area contributed by atoms with Crippen LogP contribution in [0.4, 0.5) is 13.6 Å². The standard InChI is InChI=1S/C22H18ClF2N3O2/c1-3-27(4-2)22(29)30-21-20-16-8-6-14(23)11-13(16)5-9-18(20)26-28(21)19-10-7-15(24)12-17(19)25/h5-12H,3-4H2,1-2H3. The predicted octanol–water partition coefficient (Wildman–Crippen LogP) is 5.95. The van der Waals surface area contributed by atoms with Gasteiger partial charge in [-0.15, -0.1) is 0 Å². The van der Waals surface area contributed by atoms with Crippen molar-refractivity contribution in [2.24, 2.45) is 0 Å². The number of ether oxygens (including phenoxy) is 1. The van der Waals surface area contributed by atoms with Crippen molar-refractivity contribution in [3.05, 3.63) is 65.2 Å². The summed E-state index contributed by atoms with van der Waals surface area (Å²) in [4.78, 5) is 14.2. The molecule has 5 nitrogen and oxygen atoms in total. The smallest absolute Gasteiger partial charge is 0.390 e. The van der Waals surface area contributed by atoms with Gasteiger partial charge >= 0.3 is 6.09 Å². The molecule has 0 atom stereocenters. The van der Waals surface area contributed by atoms with Crippen molar-refractivity contribution in [1.29, 1.82) is 0 Å². The lowest BCUT2D eigenvalue weighted by atomic mass is 10.1. The van der Waals surface area contributed by atoms with Crippen LogP contribution in [0.15, 0.2) is 48.5 Å². The van der Waals surface area contributed by atoms with Crippen molar-refractivity contribution >= 4 is 39.4 Å². The molecule has 154 valence electrons. The zero-order chi connectivity index (χ0) is 21.4. The SMILES string of the molecule is CCN(CC)C(=O)Oc1c2c(ccc3cc(Cl)ccc32)nn1-c1ccc(F)cc1F. The van der Waals surface area contributed by atoms with E-state index in [1.54, 1.807) is 24.3 Å². The van der Waals surface area contributed by atoms with Gasteiger partial charge in [0.1, 0.15) is 11.5 Å². The van der Waals surface area contributed by atoms with Gasteiger partial charge in [0.25, 0.3) is 0 Å². The molecule has 1 heterocycles. The third-order valence-corrected chi connectivity index (χ3v) is 5.15. The minimum absolute atomic E-state index is 0.0305. The van der Waals surface area contributed by atoms with Gasteiger partial charge in [0.2, 0.25) is 5.88 Å². The molecule has 0 saturated carbocycles. The van der Waals surface area contributed by atoms with Gasteiger partial charge in [0.15, 0.2) is 5.82 Å². The third-order valence-electron chi connectivity index (χ3n) is 4.92. The first-order valence-corrected chi connectivity index (χ1v) is 9.84. The van der Waals surface area contributed by atoms with Gasteiger partial charge in [0, 0.05) is 24.2 Å². The number of carbonyl (C=O) groups excluding carboxylic acids is 1. The summed E-state index contributed by atoms with van der Waals surface area (Å²) in [5, 5.41) is 7.08. The van der Waals surface area contributed by atoms with Crippen LogP contribution in [0.5, 0.6) is 5.88 Å². The summed E-state index contributed by atoms with van der Waals surface area (Å²) >= 11 is 6.11. The summed E-state index contributed by atoms with van der Waals surface area (Å²) in [6, 6.07) is 12.0. The zero-order valence-electron chi connectivity index (χ0n) is 16.3. The Kier molecular flexibility index (Phi) is 5.30. The molecule has 0 saturated heterocycles. The Morgan fingerprint density at radius 1 is 1.10 bits per heavy atom. The number of nitrogens with zero attached hydrogens (tertiary/aromatic N) is 3.